The molecular weight excluding hydrogens is 328 g/mol. The van der Waals surface area contributed by atoms with Gasteiger partial charge in [-0.05, 0) is 49.6 Å². The van der Waals surface area contributed by atoms with Gasteiger partial charge >= 0.3 is 0 Å². The van der Waals surface area contributed by atoms with Crippen molar-refractivity contribution in [3.05, 3.63) is 0 Å². The molecule has 2 nitrogen and oxygen atoms in total. The molecule has 0 saturated carbocycles. The lowest BCUT2D eigenvalue weighted by molar-refractivity contribution is 0.188. The van der Waals surface area contributed by atoms with E-state index in [1.165, 1.54) is 84.2 Å². The van der Waals surface area contributed by atoms with Gasteiger partial charge in [-0.1, -0.05) is 87.5 Å². The van der Waals surface area contributed by atoms with Crippen LogP contribution in [0.3, 0.4) is 0 Å². The van der Waals surface area contributed by atoms with Gasteiger partial charge in [0.2, 0.25) is 0 Å². The molecular formula is C25H54N2. The fraction of sp³-hybridized carbons (Fsp3) is 1.00. The molecule has 4 atom stereocenters. The summed E-state index contributed by atoms with van der Waals surface area (Å²) in [7, 11) is 0. The number of hydrogen-bond acceptors (Lipinski definition) is 2. The van der Waals surface area contributed by atoms with Crippen molar-refractivity contribution in [2.45, 2.75) is 100 Å². The van der Waals surface area contributed by atoms with Gasteiger partial charge in [0.15, 0.2) is 0 Å². The molecule has 2 heteroatoms. The van der Waals surface area contributed by atoms with Gasteiger partial charge in [0.25, 0.3) is 0 Å². The SMILES string of the molecule is CCC(C)CN(CCCCCN(CC(C)CC)CC(C)CC)CC(C)CC. The number of unbranched alkanes of at least 4 members (excludes halogenated alkanes) is 2. The highest BCUT2D eigenvalue weighted by molar-refractivity contribution is 4.68. The van der Waals surface area contributed by atoms with Crippen molar-refractivity contribution in [2.24, 2.45) is 23.7 Å². The molecule has 0 amide bonds. The normalized spacial score (nSPS) is 16.7. The van der Waals surface area contributed by atoms with Gasteiger partial charge in [0, 0.05) is 26.2 Å². The van der Waals surface area contributed by atoms with Gasteiger partial charge in [0.1, 0.15) is 0 Å². The van der Waals surface area contributed by atoms with Crippen LogP contribution in [0.25, 0.3) is 0 Å². The van der Waals surface area contributed by atoms with E-state index in [0.717, 1.165) is 23.7 Å². The third kappa shape index (κ3) is 14.6. The Morgan fingerprint density at radius 1 is 0.444 bits per heavy atom. The molecule has 0 aromatic rings. The fourth-order valence-corrected chi connectivity index (χ4v) is 3.64. The summed E-state index contributed by atoms with van der Waals surface area (Å²) in [5.74, 6) is 3.32. The molecule has 0 radical (unpaired) electrons. The summed E-state index contributed by atoms with van der Waals surface area (Å²) in [6, 6.07) is 0. The third-order valence-corrected chi connectivity index (χ3v) is 6.52. The number of nitrogens with zero attached hydrogens (tertiary/aromatic N) is 2. The Hall–Kier alpha value is -0.0800. The zero-order valence-electron chi connectivity index (χ0n) is 20.4. The Bertz CT molecular complexity index is 263. The van der Waals surface area contributed by atoms with Crippen LogP contribution >= 0.6 is 0 Å². The predicted molar refractivity (Wildman–Crippen MR) is 125 cm³/mol. The van der Waals surface area contributed by atoms with Gasteiger partial charge < -0.3 is 9.80 Å². The lowest BCUT2D eigenvalue weighted by atomic mass is 10.0. The molecule has 27 heavy (non-hydrogen) atoms. The van der Waals surface area contributed by atoms with Crippen LogP contribution < -0.4 is 0 Å². The molecule has 0 saturated heterocycles. The monoisotopic (exact) mass is 382 g/mol. The van der Waals surface area contributed by atoms with Crippen LogP contribution in [0.4, 0.5) is 0 Å². The van der Waals surface area contributed by atoms with Crippen molar-refractivity contribution >= 4 is 0 Å². The van der Waals surface area contributed by atoms with E-state index in [2.05, 4.69) is 65.2 Å². The zero-order chi connectivity index (χ0) is 20.7. The summed E-state index contributed by atoms with van der Waals surface area (Å²) in [4.78, 5) is 5.50. The largest absolute Gasteiger partial charge is 0.303 e. The second kappa shape index (κ2) is 16.8. The minimum Gasteiger partial charge on any atom is -0.303 e. The Labute approximate surface area is 173 Å². The maximum atomic E-state index is 2.75. The molecule has 0 fully saturated rings. The smallest absolute Gasteiger partial charge is 0.000703 e. The topological polar surface area (TPSA) is 6.48 Å². The third-order valence-electron chi connectivity index (χ3n) is 6.52. The van der Waals surface area contributed by atoms with E-state index in [1.54, 1.807) is 0 Å². The van der Waals surface area contributed by atoms with Crippen LogP contribution in [0.1, 0.15) is 100 Å². The molecule has 0 bridgehead atoms. The Morgan fingerprint density at radius 3 is 0.926 bits per heavy atom. The Kier molecular flexibility index (Phi) is 16.8. The first-order valence-corrected chi connectivity index (χ1v) is 12.3. The molecule has 0 aromatic carbocycles. The molecule has 0 heterocycles. The van der Waals surface area contributed by atoms with Crippen molar-refractivity contribution in [1.82, 2.24) is 9.80 Å². The summed E-state index contributed by atoms with van der Waals surface area (Å²) in [6.07, 6.45) is 9.33. The standard InChI is InChI=1S/C25H54N2/c1-9-22(5)18-26(19-23(6)10-2)16-14-13-15-17-27(20-24(7)11-3)21-25(8)12-4/h22-25H,9-21H2,1-8H3. The van der Waals surface area contributed by atoms with E-state index < -0.39 is 0 Å². The Balaban J connectivity index is 4.28. The van der Waals surface area contributed by atoms with Crippen molar-refractivity contribution in [1.29, 1.82) is 0 Å². The van der Waals surface area contributed by atoms with Crippen molar-refractivity contribution in [2.75, 3.05) is 39.3 Å². The van der Waals surface area contributed by atoms with E-state index in [4.69, 9.17) is 0 Å². The van der Waals surface area contributed by atoms with E-state index in [1.807, 2.05) is 0 Å². The van der Waals surface area contributed by atoms with E-state index >= 15 is 0 Å². The fourth-order valence-electron chi connectivity index (χ4n) is 3.64. The van der Waals surface area contributed by atoms with Gasteiger partial charge in [-0.15, -0.1) is 0 Å². The maximum Gasteiger partial charge on any atom is 0.000703 e. The second-order valence-electron chi connectivity index (χ2n) is 9.63. The zero-order valence-corrected chi connectivity index (χ0v) is 20.4. The van der Waals surface area contributed by atoms with Crippen LogP contribution in [0.2, 0.25) is 0 Å². The highest BCUT2D eigenvalue weighted by Gasteiger charge is 2.14. The summed E-state index contributed by atoms with van der Waals surface area (Å²) >= 11 is 0. The molecule has 164 valence electrons. The van der Waals surface area contributed by atoms with E-state index in [0.29, 0.717) is 0 Å². The molecule has 0 aliphatic rings. The van der Waals surface area contributed by atoms with Crippen LogP contribution in [0, 0.1) is 23.7 Å². The first-order valence-electron chi connectivity index (χ1n) is 12.3. The van der Waals surface area contributed by atoms with Crippen molar-refractivity contribution < 1.29 is 0 Å². The molecule has 0 aromatic heterocycles. The lowest BCUT2D eigenvalue weighted by Gasteiger charge is -2.29. The lowest BCUT2D eigenvalue weighted by Crippen LogP contribution is -2.34. The predicted octanol–water partition coefficient (Wildman–Crippen LogP) is 6.95. The van der Waals surface area contributed by atoms with Crippen LogP contribution in [-0.2, 0) is 0 Å². The van der Waals surface area contributed by atoms with Gasteiger partial charge in [0.05, 0.1) is 0 Å². The van der Waals surface area contributed by atoms with Crippen molar-refractivity contribution in [3.8, 4) is 0 Å². The summed E-state index contributed by atoms with van der Waals surface area (Å²) in [5.41, 5.74) is 0. The first kappa shape index (κ1) is 26.9. The highest BCUT2D eigenvalue weighted by Crippen LogP contribution is 2.13. The molecule has 0 aliphatic heterocycles. The summed E-state index contributed by atoms with van der Waals surface area (Å²) < 4.78 is 0. The minimum absolute atomic E-state index is 0.829. The number of hydrogen-bond donors (Lipinski definition) is 0. The average molecular weight is 383 g/mol. The molecule has 0 N–H and O–H groups in total. The summed E-state index contributed by atoms with van der Waals surface area (Å²) in [5, 5.41) is 0. The summed E-state index contributed by atoms with van der Waals surface area (Å²) in [6.45, 7) is 26.7. The molecule has 0 aliphatic carbocycles. The van der Waals surface area contributed by atoms with E-state index in [-0.39, 0.29) is 0 Å². The minimum atomic E-state index is 0.829. The second-order valence-corrected chi connectivity index (χ2v) is 9.63. The average Bonchev–Trinajstić information content (AvgIpc) is 2.66. The Morgan fingerprint density at radius 2 is 0.704 bits per heavy atom. The first-order chi connectivity index (χ1) is 12.9. The molecule has 0 rings (SSSR count). The van der Waals surface area contributed by atoms with Gasteiger partial charge in [-0.2, -0.15) is 0 Å². The van der Waals surface area contributed by atoms with Crippen LogP contribution in [0.15, 0.2) is 0 Å². The molecule has 4 unspecified atom stereocenters. The van der Waals surface area contributed by atoms with E-state index in [9.17, 15) is 0 Å². The van der Waals surface area contributed by atoms with Crippen LogP contribution in [0.5, 0.6) is 0 Å². The van der Waals surface area contributed by atoms with Gasteiger partial charge in [-0.3, -0.25) is 0 Å². The molecule has 0 spiro atoms. The van der Waals surface area contributed by atoms with Gasteiger partial charge in [-0.25, -0.2) is 0 Å². The number of rotatable bonds is 18. The van der Waals surface area contributed by atoms with Crippen LogP contribution in [-0.4, -0.2) is 49.1 Å². The van der Waals surface area contributed by atoms with Crippen molar-refractivity contribution in [3.63, 3.8) is 0 Å². The maximum absolute atomic E-state index is 2.75. The quantitative estimate of drug-likeness (QED) is 0.237. The highest BCUT2D eigenvalue weighted by atomic mass is 15.1.